The third kappa shape index (κ3) is 2.42. The Morgan fingerprint density at radius 2 is 2.25 bits per heavy atom. The van der Waals surface area contributed by atoms with E-state index in [0.717, 1.165) is 30.1 Å². The Kier molecular flexibility index (Phi) is 3.91. The molecule has 2 aliphatic rings. The maximum Gasteiger partial charge on any atom is 0.111 e. The fraction of sp³-hybridized carbons (Fsp3) is 0.769. The molecule has 16 heavy (non-hydrogen) atoms. The summed E-state index contributed by atoms with van der Waals surface area (Å²) in [5.74, 6) is 2.25. The lowest BCUT2D eigenvalue weighted by molar-refractivity contribution is 0.177. The second-order valence-electron chi connectivity index (χ2n) is 4.69. The van der Waals surface area contributed by atoms with Crippen LogP contribution < -0.4 is 0 Å². The predicted octanol–water partition coefficient (Wildman–Crippen LogP) is 3.75. The molecule has 0 aromatic heterocycles. The van der Waals surface area contributed by atoms with E-state index >= 15 is 0 Å². The highest BCUT2D eigenvalue weighted by Crippen LogP contribution is 2.40. The summed E-state index contributed by atoms with van der Waals surface area (Å²) in [5, 5.41) is 0.907. The van der Waals surface area contributed by atoms with E-state index in [0.29, 0.717) is 24.5 Å². The second kappa shape index (κ2) is 5.22. The zero-order valence-corrected chi connectivity index (χ0v) is 10.8. The van der Waals surface area contributed by atoms with Crippen molar-refractivity contribution in [1.82, 2.24) is 0 Å². The van der Waals surface area contributed by atoms with E-state index in [4.69, 9.17) is 16.3 Å². The van der Waals surface area contributed by atoms with Gasteiger partial charge in [-0.15, -0.1) is 0 Å². The first-order chi connectivity index (χ1) is 7.74. The van der Waals surface area contributed by atoms with E-state index in [1.54, 1.807) is 0 Å². The molecule has 0 amide bonds. The van der Waals surface area contributed by atoms with Crippen LogP contribution in [0.2, 0.25) is 0 Å². The number of rotatable bonds is 3. The molecule has 2 rings (SSSR count). The molecule has 1 heterocycles. The van der Waals surface area contributed by atoms with E-state index in [1.165, 1.54) is 6.42 Å². The molecule has 0 radical (unpaired) electrons. The lowest BCUT2D eigenvalue weighted by Gasteiger charge is -2.35. The van der Waals surface area contributed by atoms with Gasteiger partial charge in [0.15, 0.2) is 0 Å². The van der Waals surface area contributed by atoms with Gasteiger partial charge in [0.05, 0.1) is 11.6 Å². The number of halogens is 1. The summed E-state index contributed by atoms with van der Waals surface area (Å²) in [4.78, 5) is 4.59. The van der Waals surface area contributed by atoms with Crippen molar-refractivity contribution in [3.8, 4) is 0 Å². The van der Waals surface area contributed by atoms with Crippen molar-refractivity contribution in [3.63, 3.8) is 0 Å². The van der Waals surface area contributed by atoms with E-state index < -0.39 is 0 Å². The summed E-state index contributed by atoms with van der Waals surface area (Å²) in [7, 11) is 0. The first-order valence-electron chi connectivity index (χ1n) is 6.28. The second-order valence-corrected chi connectivity index (χ2v) is 5.15. The van der Waals surface area contributed by atoms with E-state index in [2.05, 4.69) is 18.1 Å². The zero-order chi connectivity index (χ0) is 11.5. The minimum atomic E-state index is 0.515. The first-order valence-corrected chi connectivity index (χ1v) is 6.66. The van der Waals surface area contributed by atoms with Gasteiger partial charge in [-0.2, -0.15) is 0 Å². The van der Waals surface area contributed by atoms with Gasteiger partial charge in [0.2, 0.25) is 0 Å². The summed E-state index contributed by atoms with van der Waals surface area (Å²) in [6.07, 6.45) is 6.38. The average Bonchev–Trinajstić information content (AvgIpc) is 2.30. The first kappa shape index (κ1) is 12.0. The predicted molar refractivity (Wildman–Crippen MR) is 67.9 cm³/mol. The third-order valence-electron chi connectivity index (χ3n) is 3.62. The molecule has 1 aliphatic heterocycles. The van der Waals surface area contributed by atoms with Crippen LogP contribution in [-0.2, 0) is 4.74 Å². The molecule has 1 aliphatic carbocycles. The topological polar surface area (TPSA) is 21.6 Å². The van der Waals surface area contributed by atoms with Gasteiger partial charge < -0.3 is 4.74 Å². The van der Waals surface area contributed by atoms with E-state index in [-0.39, 0.29) is 0 Å². The fourth-order valence-electron chi connectivity index (χ4n) is 2.65. The smallest absolute Gasteiger partial charge is 0.111 e. The number of allylic oxidation sites excluding steroid dienone is 2. The Morgan fingerprint density at radius 3 is 2.94 bits per heavy atom. The highest BCUT2D eigenvalue weighted by molar-refractivity contribution is 6.30. The SMILES string of the molecule is CCOC1=C(Cl)CC2C=NC(CC)CC2C1. The summed E-state index contributed by atoms with van der Waals surface area (Å²) in [6.45, 7) is 4.94. The Bertz CT molecular complexity index is 311. The zero-order valence-electron chi connectivity index (χ0n) is 10.1. The number of fused-ring (bicyclic) bond motifs is 1. The van der Waals surface area contributed by atoms with Crippen molar-refractivity contribution >= 4 is 17.8 Å². The summed E-state index contributed by atoms with van der Waals surface area (Å²) in [5.41, 5.74) is 0. The number of hydrogen-bond donors (Lipinski definition) is 0. The molecule has 0 aromatic rings. The molecule has 3 atom stereocenters. The van der Waals surface area contributed by atoms with Crippen LogP contribution in [0.15, 0.2) is 15.8 Å². The Hall–Kier alpha value is -0.500. The average molecular weight is 242 g/mol. The van der Waals surface area contributed by atoms with Gasteiger partial charge in [-0.05, 0) is 32.1 Å². The maximum absolute atomic E-state index is 6.24. The third-order valence-corrected chi connectivity index (χ3v) is 3.99. The molecular weight excluding hydrogens is 222 g/mol. The van der Waals surface area contributed by atoms with Crippen LogP contribution in [0.3, 0.4) is 0 Å². The summed E-state index contributed by atoms with van der Waals surface area (Å²) >= 11 is 6.24. The van der Waals surface area contributed by atoms with Crippen molar-refractivity contribution in [2.45, 2.75) is 45.6 Å². The minimum absolute atomic E-state index is 0.515. The lowest BCUT2D eigenvalue weighted by Crippen LogP contribution is -2.30. The van der Waals surface area contributed by atoms with Crippen LogP contribution in [0.25, 0.3) is 0 Å². The standard InChI is InChI=1S/C13H20ClNO/c1-3-11-5-9-7-13(16-4-2)12(14)6-10(9)8-15-11/h8-11H,3-7H2,1-2H3. The van der Waals surface area contributed by atoms with Crippen LogP contribution in [0, 0.1) is 11.8 Å². The molecular formula is C13H20ClNO. The Balaban J connectivity index is 2.08. The monoisotopic (exact) mass is 241 g/mol. The van der Waals surface area contributed by atoms with Crippen molar-refractivity contribution in [2.24, 2.45) is 16.8 Å². The molecule has 0 spiro atoms. The number of nitrogens with zero attached hydrogens (tertiary/aromatic N) is 1. The van der Waals surface area contributed by atoms with E-state index in [9.17, 15) is 0 Å². The molecule has 0 aromatic carbocycles. The molecule has 2 nitrogen and oxygen atoms in total. The number of aliphatic imine (C=N–C) groups is 1. The maximum atomic E-state index is 6.24. The number of hydrogen-bond acceptors (Lipinski definition) is 2. The highest BCUT2D eigenvalue weighted by atomic mass is 35.5. The summed E-state index contributed by atoms with van der Waals surface area (Å²) in [6, 6.07) is 0.515. The van der Waals surface area contributed by atoms with Gasteiger partial charge >= 0.3 is 0 Å². The van der Waals surface area contributed by atoms with Crippen LogP contribution in [-0.4, -0.2) is 18.9 Å². The molecule has 3 heteroatoms. The van der Waals surface area contributed by atoms with Gasteiger partial charge in [0.1, 0.15) is 5.76 Å². The Morgan fingerprint density at radius 1 is 1.44 bits per heavy atom. The van der Waals surface area contributed by atoms with Crippen LogP contribution in [0.1, 0.15) is 39.5 Å². The largest absolute Gasteiger partial charge is 0.497 e. The van der Waals surface area contributed by atoms with Crippen molar-refractivity contribution < 1.29 is 4.74 Å². The van der Waals surface area contributed by atoms with Crippen molar-refractivity contribution in [3.05, 3.63) is 10.8 Å². The molecule has 0 saturated carbocycles. The molecule has 3 unspecified atom stereocenters. The normalized spacial score (nSPS) is 33.8. The highest BCUT2D eigenvalue weighted by Gasteiger charge is 2.33. The van der Waals surface area contributed by atoms with Crippen LogP contribution in [0.4, 0.5) is 0 Å². The number of ether oxygens (including phenoxy) is 1. The van der Waals surface area contributed by atoms with Crippen LogP contribution in [0.5, 0.6) is 0 Å². The van der Waals surface area contributed by atoms with Crippen molar-refractivity contribution in [1.29, 1.82) is 0 Å². The molecule has 0 saturated heterocycles. The summed E-state index contributed by atoms with van der Waals surface area (Å²) < 4.78 is 5.62. The van der Waals surface area contributed by atoms with Gasteiger partial charge in [-0.25, -0.2) is 0 Å². The quantitative estimate of drug-likeness (QED) is 0.738. The van der Waals surface area contributed by atoms with Gasteiger partial charge in [-0.1, -0.05) is 18.5 Å². The van der Waals surface area contributed by atoms with Gasteiger partial charge in [0, 0.05) is 24.6 Å². The van der Waals surface area contributed by atoms with Crippen LogP contribution >= 0.6 is 11.6 Å². The minimum Gasteiger partial charge on any atom is -0.497 e. The molecule has 90 valence electrons. The van der Waals surface area contributed by atoms with Gasteiger partial charge in [0.25, 0.3) is 0 Å². The fourth-order valence-corrected chi connectivity index (χ4v) is 2.96. The molecule has 0 bridgehead atoms. The Labute approximate surface area is 103 Å². The molecule has 0 N–H and O–H groups in total. The van der Waals surface area contributed by atoms with Gasteiger partial charge in [-0.3, -0.25) is 4.99 Å². The van der Waals surface area contributed by atoms with E-state index in [1.807, 2.05) is 6.92 Å². The van der Waals surface area contributed by atoms with Crippen molar-refractivity contribution in [2.75, 3.05) is 6.61 Å². The molecule has 0 fully saturated rings. The lowest BCUT2D eigenvalue weighted by atomic mass is 9.77.